The molecule has 0 saturated carbocycles. The van der Waals surface area contributed by atoms with Crippen molar-refractivity contribution in [1.82, 2.24) is 4.90 Å². The van der Waals surface area contributed by atoms with E-state index in [0.717, 1.165) is 42.3 Å². The van der Waals surface area contributed by atoms with E-state index in [1.807, 2.05) is 36.4 Å². The van der Waals surface area contributed by atoms with Crippen LogP contribution in [0.2, 0.25) is 0 Å². The molecule has 202 valence electrons. The number of rotatable bonds is 9. The fraction of sp³-hybridized carbons (Fsp3) is 0.310. The lowest BCUT2D eigenvalue weighted by atomic mass is 10.1. The van der Waals surface area contributed by atoms with Crippen LogP contribution in [0.4, 0.5) is 17.1 Å². The van der Waals surface area contributed by atoms with E-state index < -0.39 is 0 Å². The van der Waals surface area contributed by atoms with Crippen molar-refractivity contribution in [2.24, 2.45) is 4.99 Å². The summed E-state index contributed by atoms with van der Waals surface area (Å²) in [5.74, 6) is 1.27. The van der Waals surface area contributed by atoms with Gasteiger partial charge in [-0.1, -0.05) is 24.3 Å². The number of nitrogens with zero attached hydrogens (tertiary/aromatic N) is 4. The van der Waals surface area contributed by atoms with Crippen molar-refractivity contribution < 1.29 is 23.9 Å². The van der Waals surface area contributed by atoms with Gasteiger partial charge in [-0.05, 0) is 53.9 Å². The van der Waals surface area contributed by atoms with Crippen LogP contribution in [0.25, 0.3) is 0 Å². The summed E-state index contributed by atoms with van der Waals surface area (Å²) in [5, 5.41) is 11.9. The van der Waals surface area contributed by atoms with Gasteiger partial charge in [-0.2, -0.15) is 0 Å². The van der Waals surface area contributed by atoms with E-state index in [-0.39, 0.29) is 29.8 Å². The summed E-state index contributed by atoms with van der Waals surface area (Å²) in [6.07, 6.45) is 1.82. The number of carbonyl (C=O) groups is 1. The fourth-order valence-corrected chi connectivity index (χ4v) is 4.71. The molecule has 0 spiro atoms. The highest BCUT2D eigenvalue weighted by Gasteiger charge is 2.24. The average Bonchev–Trinajstić information content (AvgIpc) is 3.41. The first-order valence-corrected chi connectivity index (χ1v) is 12.9. The van der Waals surface area contributed by atoms with Crippen LogP contribution in [0.1, 0.15) is 23.6 Å². The third kappa shape index (κ3) is 6.53. The Labute approximate surface area is 226 Å². The Morgan fingerprint density at radius 1 is 1.00 bits per heavy atom. The van der Waals surface area contributed by atoms with E-state index in [4.69, 9.17) is 14.2 Å². The summed E-state index contributed by atoms with van der Waals surface area (Å²) in [5.41, 5.74) is 3.99. The smallest absolute Gasteiger partial charge is 0.310 e. The minimum atomic E-state index is -0.337. The van der Waals surface area contributed by atoms with Gasteiger partial charge in [0, 0.05) is 45.0 Å². The molecule has 2 heterocycles. The molecule has 2 aliphatic rings. The number of fused-ring (bicyclic) bond motifs is 1. The van der Waals surface area contributed by atoms with Crippen LogP contribution in [-0.2, 0) is 22.5 Å². The van der Waals surface area contributed by atoms with Gasteiger partial charge in [0.2, 0.25) is 6.79 Å². The minimum Gasteiger partial charge on any atom is -0.466 e. The van der Waals surface area contributed by atoms with Crippen molar-refractivity contribution in [1.29, 1.82) is 0 Å². The Morgan fingerprint density at radius 3 is 2.49 bits per heavy atom. The number of aliphatic imine (C=N–C) groups is 1. The molecule has 10 nitrogen and oxygen atoms in total. The van der Waals surface area contributed by atoms with Crippen molar-refractivity contribution in [3.05, 3.63) is 87.5 Å². The number of esters is 1. The summed E-state index contributed by atoms with van der Waals surface area (Å²) in [6.45, 7) is 6.13. The van der Waals surface area contributed by atoms with Crippen LogP contribution in [0.5, 0.6) is 11.5 Å². The van der Waals surface area contributed by atoms with Crippen molar-refractivity contribution in [2.75, 3.05) is 44.5 Å². The second-order valence-corrected chi connectivity index (χ2v) is 9.36. The molecular weight excluding hydrogens is 500 g/mol. The minimum absolute atomic E-state index is 0.0629. The Bertz CT molecular complexity index is 1370. The largest absolute Gasteiger partial charge is 0.466 e. The normalized spacial score (nSPS) is 15.1. The third-order valence-electron chi connectivity index (χ3n) is 6.71. The fourth-order valence-electron chi connectivity index (χ4n) is 4.71. The predicted molar refractivity (Wildman–Crippen MR) is 147 cm³/mol. The molecule has 10 heteroatoms. The summed E-state index contributed by atoms with van der Waals surface area (Å²) < 4.78 is 15.8. The van der Waals surface area contributed by atoms with Gasteiger partial charge in [0.15, 0.2) is 11.5 Å². The SMILES string of the molecule is CCOC(=O)Cc1ccc(N=Cc2ccc(N3CCN(Cc4ccc5c(c4)OCO5)CC3)c([N+](=O)[O-])c2)cc1. The zero-order chi connectivity index (χ0) is 27.2. The molecule has 0 bridgehead atoms. The molecule has 0 aromatic heterocycles. The van der Waals surface area contributed by atoms with E-state index in [1.54, 1.807) is 37.4 Å². The number of hydrogen-bond acceptors (Lipinski definition) is 9. The highest BCUT2D eigenvalue weighted by atomic mass is 16.7. The zero-order valence-corrected chi connectivity index (χ0v) is 21.7. The van der Waals surface area contributed by atoms with Gasteiger partial charge in [-0.25, -0.2) is 0 Å². The topological polar surface area (TPSA) is 107 Å². The highest BCUT2D eigenvalue weighted by Crippen LogP contribution is 2.33. The summed E-state index contributed by atoms with van der Waals surface area (Å²) in [4.78, 5) is 32.1. The average molecular weight is 531 g/mol. The maximum atomic E-state index is 11.9. The first-order valence-electron chi connectivity index (χ1n) is 12.9. The lowest BCUT2D eigenvalue weighted by Gasteiger charge is -2.35. The van der Waals surface area contributed by atoms with Crippen LogP contribution in [0.3, 0.4) is 0 Å². The molecule has 3 aromatic rings. The lowest BCUT2D eigenvalue weighted by molar-refractivity contribution is -0.384. The van der Waals surface area contributed by atoms with Crippen LogP contribution in [-0.4, -0.2) is 61.6 Å². The monoisotopic (exact) mass is 530 g/mol. The van der Waals surface area contributed by atoms with Crippen LogP contribution in [0, 0.1) is 10.1 Å². The van der Waals surface area contributed by atoms with Crippen molar-refractivity contribution >= 4 is 29.2 Å². The van der Waals surface area contributed by atoms with Gasteiger partial charge >= 0.3 is 5.97 Å². The van der Waals surface area contributed by atoms with Gasteiger partial charge in [0.1, 0.15) is 5.69 Å². The lowest BCUT2D eigenvalue weighted by Crippen LogP contribution is -2.46. The van der Waals surface area contributed by atoms with E-state index in [0.29, 0.717) is 36.6 Å². The molecule has 3 aromatic carbocycles. The second kappa shape index (κ2) is 12.0. The molecule has 0 radical (unpaired) electrons. The quantitative estimate of drug-likeness (QED) is 0.172. The van der Waals surface area contributed by atoms with Gasteiger partial charge in [-0.15, -0.1) is 0 Å². The highest BCUT2D eigenvalue weighted by molar-refractivity contribution is 5.85. The van der Waals surface area contributed by atoms with Gasteiger partial charge in [0.25, 0.3) is 5.69 Å². The van der Waals surface area contributed by atoms with Crippen LogP contribution < -0.4 is 14.4 Å². The molecule has 0 aliphatic carbocycles. The number of carbonyl (C=O) groups excluding carboxylic acids is 1. The summed E-state index contributed by atoms with van der Waals surface area (Å²) >= 11 is 0. The Kier molecular flexibility index (Phi) is 8.02. The zero-order valence-electron chi connectivity index (χ0n) is 21.7. The standard InChI is InChI=1S/C29H30N4O6/c1-2-37-29(34)17-21-3-7-24(8-4-21)30-18-22-5-9-25(26(15-22)33(35)36)32-13-11-31(12-14-32)19-23-6-10-27-28(16-23)39-20-38-27/h3-10,15-16,18H,2,11-14,17,19-20H2,1H3. The first kappa shape index (κ1) is 26.2. The van der Waals surface area contributed by atoms with E-state index in [2.05, 4.69) is 14.8 Å². The Balaban J connectivity index is 1.20. The molecule has 39 heavy (non-hydrogen) atoms. The second-order valence-electron chi connectivity index (χ2n) is 9.36. The molecular formula is C29H30N4O6. The molecule has 0 unspecified atom stereocenters. The van der Waals surface area contributed by atoms with Crippen molar-refractivity contribution in [2.45, 2.75) is 19.9 Å². The van der Waals surface area contributed by atoms with E-state index in [1.165, 1.54) is 0 Å². The number of benzene rings is 3. The van der Waals surface area contributed by atoms with E-state index >= 15 is 0 Å². The Morgan fingerprint density at radius 2 is 1.74 bits per heavy atom. The molecule has 0 N–H and O–H groups in total. The molecule has 1 fully saturated rings. The molecule has 5 rings (SSSR count). The maximum absolute atomic E-state index is 11.9. The molecule has 1 saturated heterocycles. The van der Waals surface area contributed by atoms with Gasteiger partial charge in [0.05, 0.1) is 23.6 Å². The number of hydrogen-bond donors (Lipinski definition) is 0. The van der Waals surface area contributed by atoms with Crippen LogP contribution in [0.15, 0.2) is 65.7 Å². The first-order chi connectivity index (χ1) is 19.0. The predicted octanol–water partition coefficient (Wildman–Crippen LogP) is 4.50. The number of piperazine rings is 1. The van der Waals surface area contributed by atoms with Gasteiger partial charge < -0.3 is 19.1 Å². The molecule has 0 amide bonds. The number of ether oxygens (including phenoxy) is 3. The van der Waals surface area contributed by atoms with E-state index in [9.17, 15) is 14.9 Å². The Hall–Kier alpha value is -4.44. The molecule has 0 atom stereocenters. The summed E-state index contributed by atoms with van der Waals surface area (Å²) in [6, 6.07) is 18.4. The van der Waals surface area contributed by atoms with Crippen LogP contribution >= 0.6 is 0 Å². The van der Waals surface area contributed by atoms with Gasteiger partial charge in [-0.3, -0.25) is 24.8 Å². The van der Waals surface area contributed by atoms with Crippen molar-refractivity contribution in [3.8, 4) is 11.5 Å². The van der Waals surface area contributed by atoms with Crippen molar-refractivity contribution in [3.63, 3.8) is 0 Å². The summed E-state index contributed by atoms with van der Waals surface area (Å²) in [7, 11) is 0. The number of nitro groups is 1. The number of nitro benzene ring substituents is 1. The third-order valence-corrected chi connectivity index (χ3v) is 6.71. The number of anilines is 1. The molecule has 2 aliphatic heterocycles. The maximum Gasteiger partial charge on any atom is 0.310 e.